The van der Waals surface area contributed by atoms with Crippen molar-refractivity contribution in [1.29, 1.82) is 0 Å². The van der Waals surface area contributed by atoms with Gasteiger partial charge in [0.15, 0.2) is 23.0 Å². The fraction of sp³-hybridized carbons (Fsp3) is 0.704. The average molecular weight is 505 g/mol. The molecule has 36 heavy (non-hydrogen) atoms. The molecule has 2 atom stereocenters. The molecule has 2 aromatic rings. The molecule has 0 spiro atoms. The molecule has 1 saturated heterocycles. The molecule has 1 aromatic heterocycles. The summed E-state index contributed by atoms with van der Waals surface area (Å²) in [5.74, 6) is 0.191. The highest BCUT2D eigenvalue weighted by Crippen LogP contribution is 2.32. The van der Waals surface area contributed by atoms with Crippen LogP contribution in [0.15, 0.2) is 16.7 Å². The Labute approximate surface area is 211 Å². The van der Waals surface area contributed by atoms with Crippen molar-refractivity contribution in [1.82, 2.24) is 15.4 Å². The molecule has 0 bridgehead atoms. The highest BCUT2D eigenvalue weighted by molar-refractivity contribution is 5.88. The number of hydrogen-bond acceptors (Lipinski definition) is 6. The van der Waals surface area contributed by atoms with E-state index in [1.54, 1.807) is 7.11 Å². The van der Waals surface area contributed by atoms with E-state index in [0.717, 1.165) is 70.9 Å². The standard InChI is InChI=1S/C27H38F2N4O3/c1-35-21-7-4-19(14-21)15-26(34)30-20-5-2-18(3-6-20)8-9-32-10-12-33(13-11-32)27-22-16-23(28)24(29)17-25(22)36-31-27/h16-21H,2-15H2,1H3,(H,30,34). The van der Waals surface area contributed by atoms with E-state index < -0.39 is 11.6 Å². The first kappa shape index (κ1) is 25.4. The number of nitrogens with zero attached hydrogens (tertiary/aromatic N) is 3. The lowest BCUT2D eigenvalue weighted by atomic mass is 9.84. The number of rotatable bonds is 8. The van der Waals surface area contributed by atoms with Gasteiger partial charge in [-0.25, -0.2) is 8.78 Å². The SMILES string of the molecule is COC1CCC(CC(=O)NC2CCC(CCN3CCN(c4noc5cc(F)c(F)cc45)CC3)CC2)C1. The molecule has 2 saturated carbocycles. The van der Waals surface area contributed by atoms with Crippen molar-refractivity contribution >= 4 is 22.7 Å². The zero-order chi connectivity index (χ0) is 25.1. The summed E-state index contributed by atoms with van der Waals surface area (Å²) in [4.78, 5) is 17.0. The van der Waals surface area contributed by atoms with Gasteiger partial charge in [0.2, 0.25) is 5.91 Å². The lowest BCUT2D eigenvalue weighted by Gasteiger charge is -2.36. The van der Waals surface area contributed by atoms with Gasteiger partial charge < -0.3 is 19.5 Å². The Morgan fingerprint density at radius 1 is 1.06 bits per heavy atom. The number of nitrogens with one attached hydrogen (secondary N) is 1. The topological polar surface area (TPSA) is 70.8 Å². The first-order valence-corrected chi connectivity index (χ1v) is 13.5. The van der Waals surface area contributed by atoms with Crippen LogP contribution in [0.5, 0.6) is 0 Å². The first-order chi connectivity index (χ1) is 17.5. The first-order valence-electron chi connectivity index (χ1n) is 13.5. The Morgan fingerprint density at radius 3 is 2.50 bits per heavy atom. The highest BCUT2D eigenvalue weighted by atomic mass is 19.2. The van der Waals surface area contributed by atoms with E-state index in [1.165, 1.54) is 25.3 Å². The lowest BCUT2D eigenvalue weighted by Crippen LogP contribution is -2.47. The van der Waals surface area contributed by atoms with Crippen LogP contribution in [-0.4, -0.2) is 67.9 Å². The maximum Gasteiger partial charge on any atom is 0.220 e. The third kappa shape index (κ3) is 5.99. The van der Waals surface area contributed by atoms with E-state index in [0.29, 0.717) is 41.6 Å². The lowest BCUT2D eigenvalue weighted by molar-refractivity contribution is -0.123. The van der Waals surface area contributed by atoms with E-state index in [-0.39, 0.29) is 11.5 Å². The number of benzene rings is 1. The molecule has 1 aliphatic heterocycles. The molecule has 9 heteroatoms. The minimum absolute atomic E-state index is 0.214. The number of halogens is 2. The van der Waals surface area contributed by atoms with Crippen LogP contribution in [0.4, 0.5) is 14.6 Å². The van der Waals surface area contributed by atoms with Gasteiger partial charge in [-0.05, 0) is 75.8 Å². The third-order valence-electron chi connectivity index (χ3n) is 8.53. The number of carbonyl (C=O) groups excluding carboxylic acids is 1. The van der Waals surface area contributed by atoms with Crippen molar-refractivity contribution in [2.24, 2.45) is 11.8 Å². The zero-order valence-corrected chi connectivity index (χ0v) is 21.2. The number of hydrogen-bond donors (Lipinski definition) is 1. The number of ether oxygens (including phenoxy) is 1. The summed E-state index contributed by atoms with van der Waals surface area (Å²) in [6, 6.07) is 2.56. The maximum atomic E-state index is 13.7. The van der Waals surface area contributed by atoms with Crippen molar-refractivity contribution < 1.29 is 22.8 Å². The van der Waals surface area contributed by atoms with Crippen LogP contribution in [0.25, 0.3) is 11.0 Å². The monoisotopic (exact) mass is 504 g/mol. The normalized spacial score (nSPS) is 27.6. The van der Waals surface area contributed by atoms with Crippen LogP contribution >= 0.6 is 0 Å². The minimum atomic E-state index is -0.920. The van der Waals surface area contributed by atoms with E-state index in [1.807, 2.05) is 0 Å². The number of fused-ring (bicyclic) bond motifs is 1. The van der Waals surface area contributed by atoms with Gasteiger partial charge >= 0.3 is 0 Å². The molecule has 0 radical (unpaired) electrons. The Balaban J connectivity index is 0.996. The molecule has 2 unspecified atom stereocenters. The summed E-state index contributed by atoms with van der Waals surface area (Å²) in [5.41, 5.74) is 0.274. The summed E-state index contributed by atoms with van der Waals surface area (Å²) >= 11 is 0. The summed E-state index contributed by atoms with van der Waals surface area (Å²) in [6.07, 6.45) is 9.84. The van der Waals surface area contributed by atoms with Crippen molar-refractivity contribution in [2.75, 3.05) is 44.7 Å². The number of piperazine rings is 1. The van der Waals surface area contributed by atoms with Crippen molar-refractivity contribution in [3.8, 4) is 0 Å². The van der Waals surface area contributed by atoms with Gasteiger partial charge in [0, 0.05) is 51.8 Å². The Morgan fingerprint density at radius 2 is 1.78 bits per heavy atom. The van der Waals surface area contributed by atoms with E-state index >= 15 is 0 Å². The predicted molar refractivity (Wildman–Crippen MR) is 134 cm³/mol. The second-order valence-electron chi connectivity index (χ2n) is 10.9. The van der Waals surface area contributed by atoms with Gasteiger partial charge in [-0.15, -0.1) is 0 Å². The molecule has 1 N–H and O–H groups in total. The average Bonchev–Trinajstić information content (AvgIpc) is 3.51. The van der Waals surface area contributed by atoms with Crippen LogP contribution in [0, 0.1) is 23.5 Å². The Bertz CT molecular complexity index is 1030. The van der Waals surface area contributed by atoms with Crippen molar-refractivity contribution in [2.45, 2.75) is 69.9 Å². The van der Waals surface area contributed by atoms with Gasteiger partial charge in [0.05, 0.1) is 11.5 Å². The molecule has 1 aromatic carbocycles. The number of aromatic nitrogens is 1. The Kier molecular flexibility index (Phi) is 8.06. The van der Waals surface area contributed by atoms with Gasteiger partial charge in [0.1, 0.15) is 0 Å². The van der Waals surface area contributed by atoms with E-state index in [9.17, 15) is 13.6 Å². The molecule has 7 nitrogen and oxygen atoms in total. The maximum absolute atomic E-state index is 13.7. The molecule has 3 fully saturated rings. The summed E-state index contributed by atoms with van der Waals surface area (Å²) in [6.45, 7) is 4.46. The zero-order valence-electron chi connectivity index (χ0n) is 21.2. The van der Waals surface area contributed by atoms with Crippen molar-refractivity contribution in [3.05, 3.63) is 23.8 Å². The summed E-state index contributed by atoms with van der Waals surface area (Å²) in [7, 11) is 1.76. The quantitative estimate of drug-likeness (QED) is 0.571. The number of carbonyl (C=O) groups is 1. The second kappa shape index (κ2) is 11.4. The van der Waals surface area contributed by atoms with E-state index in [2.05, 4.69) is 20.3 Å². The minimum Gasteiger partial charge on any atom is -0.381 e. The number of methoxy groups -OCH3 is 1. The molecule has 3 aliphatic rings. The predicted octanol–water partition coefficient (Wildman–Crippen LogP) is 4.50. The summed E-state index contributed by atoms with van der Waals surface area (Å²) in [5, 5.41) is 7.88. The fourth-order valence-corrected chi connectivity index (χ4v) is 6.27. The van der Waals surface area contributed by atoms with Crippen LogP contribution in [-0.2, 0) is 9.53 Å². The molecular formula is C27H38F2N4O3. The molecule has 2 heterocycles. The van der Waals surface area contributed by atoms with Crippen LogP contribution in [0.3, 0.4) is 0 Å². The molecular weight excluding hydrogens is 466 g/mol. The van der Waals surface area contributed by atoms with Gasteiger partial charge in [-0.1, -0.05) is 5.16 Å². The highest BCUT2D eigenvalue weighted by Gasteiger charge is 2.29. The van der Waals surface area contributed by atoms with Gasteiger partial charge in [-0.2, -0.15) is 0 Å². The molecule has 5 rings (SSSR count). The smallest absolute Gasteiger partial charge is 0.220 e. The largest absolute Gasteiger partial charge is 0.381 e. The van der Waals surface area contributed by atoms with Crippen molar-refractivity contribution in [3.63, 3.8) is 0 Å². The van der Waals surface area contributed by atoms with Gasteiger partial charge in [-0.3, -0.25) is 9.69 Å². The van der Waals surface area contributed by atoms with E-state index in [4.69, 9.17) is 9.26 Å². The molecule has 198 valence electrons. The molecule has 2 aliphatic carbocycles. The number of amides is 1. The van der Waals surface area contributed by atoms with Gasteiger partial charge in [0.25, 0.3) is 0 Å². The van der Waals surface area contributed by atoms with Crippen LogP contribution < -0.4 is 10.2 Å². The third-order valence-corrected chi connectivity index (χ3v) is 8.53. The molecule has 1 amide bonds. The Hall–Kier alpha value is -2.26. The second-order valence-corrected chi connectivity index (χ2v) is 10.9. The fourth-order valence-electron chi connectivity index (χ4n) is 6.27. The van der Waals surface area contributed by atoms with Crippen LogP contribution in [0.1, 0.15) is 57.8 Å². The number of anilines is 1. The van der Waals surface area contributed by atoms with Crippen LogP contribution in [0.2, 0.25) is 0 Å². The summed E-state index contributed by atoms with van der Waals surface area (Å²) < 4.78 is 37.8.